The van der Waals surface area contributed by atoms with Crippen LogP contribution < -0.4 is 15.4 Å². The van der Waals surface area contributed by atoms with Gasteiger partial charge in [-0.3, -0.25) is 24.1 Å². The highest BCUT2D eigenvalue weighted by Gasteiger charge is 2.64. The van der Waals surface area contributed by atoms with Crippen molar-refractivity contribution in [1.82, 2.24) is 9.80 Å². The number of aromatic hydroxyl groups is 1. The number of hydrogen-bond donors (Lipinski definition) is 5. The van der Waals surface area contributed by atoms with Crippen LogP contribution in [0, 0.1) is 11.8 Å². The van der Waals surface area contributed by atoms with Crippen molar-refractivity contribution < 1.29 is 62.3 Å². The molecule has 14 nitrogen and oxygen atoms in total. The SMILES string of the molecule is CCCCN1CC(=O)N(c2cc(OC(F)(F)F)c3c(c2O)C(O)=C2C(=O)[C@]4(O)C(O)=C(C(N)=O)C(=O)[C@@H](N(CCC)CCC)[C@@H]4C[C@@H]2C3)C1=O. The molecule has 50 heavy (non-hydrogen) atoms. The molecule has 0 aromatic heterocycles. The second-order valence-corrected chi connectivity index (χ2v) is 13.0. The Morgan fingerprint density at radius 3 is 2.28 bits per heavy atom. The first-order valence-corrected chi connectivity index (χ1v) is 16.4. The summed E-state index contributed by atoms with van der Waals surface area (Å²) in [4.78, 5) is 70.0. The molecule has 0 spiro atoms. The van der Waals surface area contributed by atoms with Crippen LogP contribution in [0.5, 0.6) is 11.5 Å². The molecule has 0 unspecified atom stereocenters. The van der Waals surface area contributed by atoms with Crippen LogP contribution in [0.15, 0.2) is 23.0 Å². The van der Waals surface area contributed by atoms with Gasteiger partial charge in [0.05, 0.1) is 17.3 Å². The molecule has 272 valence electrons. The Labute approximate surface area is 284 Å². The van der Waals surface area contributed by atoms with E-state index in [2.05, 4.69) is 4.74 Å². The van der Waals surface area contributed by atoms with Gasteiger partial charge in [-0.2, -0.15) is 0 Å². The highest BCUT2D eigenvalue weighted by Crippen LogP contribution is 2.55. The Morgan fingerprint density at radius 1 is 1.08 bits per heavy atom. The summed E-state index contributed by atoms with van der Waals surface area (Å²) in [6.45, 7) is 5.69. The molecule has 0 bridgehead atoms. The average molecular weight is 709 g/mol. The first-order chi connectivity index (χ1) is 23.4. The van der Waals surface area contributed by atoms with Gasteiger partial charge in [-0.1, -0.05) is 27.2 Å². The molecule has 0 radical (unpaired) electrons. The maximum Gasteiger partial charge on any atom is 0.573 e. The molecule has 5 rings (SSSR count). The second kappa shape index (κ2) is 13.2. The number of nitrogens with zero attached hydrogens (tertiary/aromatic N) is 3. The lowest BCUT2D eigenvalue weighted by Crippen LogP contribution is -2.66. The van der Waals surface area contributed by atoms with Crippen molar-refractivity contribution in [2.24, 2.45) is 17.6 Å². The molecule has 2 fully saturated rings. The topological polar surface area (TPSA) is 211 Å². The predicted molar refractivity (Wildman–Crippen MR) is 169 cm³/mol. The fraction of sp³-hybridized carbons (Fsp3) is 0.545. The lowest BCUT2D eigenvalue weighted by molar-refractivity contribution is -0.275. The number of alkyl halides is 3. The van der Waals surface area contributed by atoms with Crippen molar-refractivity contribution >= 4 is 40.9 Å². The smallest absolute Gasteiger partial charge is 0.508 e. The van der Waals surface area contributed by atoms with E-state index < -0.39 is 123 Å². The Balaban J connectivity index is 1.73. The molecule has 4 aliphatic rings. The largest absolute Gasteiger partial charge is 0.573 e. The number of ketones is 2. The molecule has 1 heterocycles. The number of carbonyl (C=O) groups excluding carboxylic acids is 5. The lowest BCUT2D eigenvalue weighted by Gasteiger charge is -2.51. The number of amides is 4. The fourth-order valence-corrected chi connectivity index (χ4v) is 7.75. The van der Waals surface area contributed by atoms with E-state index >= 15 is 0 Å². The number of nitrogens with two attached hydrogens (primary N) is 1. The Morgan fingerprint density at radius 2 is 1.72 bits per heavy atom. The molecule has 4 atom stereocenters. The van der Waals surface area contributed by atoms with Crippen LogP contribution in [-0.2, 0) is 25.6 Å². The van der Waals surface area contributed by atoms with Crippen LogP contribution in [0.1, 0.15) is 64.0 Å². The van der Waals surface area contributed by atoms with Gasteiger partial charge in [0, 0.05) is 29.7 Å². The Bertz CT molecular complexity index is 1720. The number of rotatable bonds is 11. The maximum atomic E-state index is 14.4. The van der Waals surface area contributed by atoms with Crippen LogP contribution >= 0.6 is 0 Å². The molecule has 1 aromatic carbocycles. The lowest BCUT2D eigenvalue weighted by atomic mass is 9.57. The third kappa shape index (κ3) is 5.75. The van der Waals surface area contributed by atoms with Crippen LogP contribution in [0.4, 0.5) is 23.7 Å². The van der Waals surface area contributed by atoms with Gasteiger partial charge in [-0.15, -0.1) is 13.2 Å². The van der Waals surface area contributed by atoms with E-state index in [0.29, 0.717) is 36.6 Å². The Kier molecular flexibility index (Phi) is 9.70. The number of phenols is 1. The average Bonchev–Trinajstić information content (AvgIpc) is 3.30. The van der Waals surface area contributed by atoms with Crippen LogP contribution in [0.3, 0.4) is 0 Å². The molecule has 4 amide bonds. The standard InChI is InChI=1S/C33H39F3N4O10/c1-4-7-10-39-14-20(41)40(31(39)48)18-13-19(50-33(34,35)36)16-11-15-12-17-24(38(8-5-2)9-6-3)27(44)23(30(37)47)29(46)32(17,49)28(45)21(15)26(43)22(16)25(18)42/h13,15,17,24,42-43,46,49H,4-12,14H2,1-3H3,(H2,37,47)/t15-,17-,24-,32-/m0/s1. The summed E-state index contributed by atoms with van der Waals surface area (Å²) in [6.07, 6.45) is -4.01. The predicted octanol–water partition coefficient (Wildman–Crippen LogP) is 2.99. The summed E-state index contributed by atoms with van der Waals surface area (Å²) in [5, 5.41) is 46.4. The number of phenolic OH excluding ortho intramolecular Hbond substituents is 1. The second-order valence-electron chi connectivity index (χ2n) is 13.0. The van der Waals surface area contributed by atoms with E-state index in [4.69, 9.17) is 5.73 Å². The number of fused-ring (bicyclic) bond motifs is 3. The third-order valence-corrected chi connectivity index (χ3v) is 9.80. The van der Waals surface area contributed by atoms with Gasteiger partial charge >= 0.3 is 12.4 Å². The van der Waals surface area contributed by atoms with Gasteiger partial charge in [0.1, 0.15) is 29.4 Å². The number of urea groups is 1. The normalized spacial score (nSPS) is 25.4. The molecule has 17 heteroatoms. The number of carbonyl (C=O) groups is 5. The molecule has 1 aliphatic heterocycles. The van der Waals surface area contributed by atoms with E-state index in [9.17, 15) is 57.6 Å². The number of Topliss-reactive ketones (excluding diaryl/α,β-unsaturated/α-hetero) is 2. The van der Waals surface area contributed by atoms with Gasteiger partial charge in [-0.05, 0) is 51.1 Å². The summed E-state index contributed by atoms with van der Waals surface area (Å²) < 4.78 is 45.7. The number of hydrogen-bond acceptors (Lipinski definition) is 11. The van der Waals surface area contributed by atoms with Crippen molar-refractivity contribution in [3.05, 3.63) is 34.1 Å². The van der Waals surface area contributed by atoms with Crippen molar-refractivity contribution in [3.8, 4) is 11.5 Å². The van der Waals surface area contributed by atoms with Gasteiger partial charge in [0.2, 0.25) is 5.78 Å². The van der Waals surface area contributed by atoms with Gasteiger partial charge in [0.25, 0.3) is 11.8 Å². The van der Waals surface area contributed by atoms with Gasteiger partial charge < -0.3 is 35.8 Å². The summed E-state index contributed by atoms with van der Waals surface area (Å²) in [5.74, 6) is -11.7. The molecule has 3 aliphatic carbocycles. The van der Waals surface area contributed by atoms with Crippen LogP contribution in [-0.4, -0.2) is 104 Å². The fourth-order valence-electron chi connectivity index (χ4n) is 7.75. The van der Waals surface area contributed by atoms with Crippen molar-refractivity contribution in [2.75, 3.05) is 31.1 Å². The van der Waals surface area contributed by atoms with Gasteiger partial charge in [0.15, 0.2) is 17.1 Å². The number of unbranched alkanes of at least 4 members (excludes halogenated alkanes) is 1. The molecular formula is C33H39F3N4O10. The number of halogens is 3. The molecule has 1 saturated carbocycles. The highest BCUT2D eigenvalue weighted by molar-refractivity contribution is 6.25. The van der Waals surface area contributed by atoms with E-state index in [1.54, 1.807) is 4.90 Å². The number of aliphatic hydroxyl groups excluding tert-OH is 2. The zero-order valence-corrected chi connectivity index (χ0v) is 27.7. The van der Waals surface area contributed by atoms with Crippen molar-refractivity contribution in [1.29, 1.82) is 0 Å². The third-order valence-electron chi connectivity index (χ3n) is 9.80. The quantitative estimate of drug-likeness (QED) is 0.167. The zero-order chi connectivity index (χ0) is 37.0. The van der Waals surface area contributed by atoms with Crippen LogP contribution in [0.2, 0.25) is 0 Å². The number of aliphatic hydroxyl groups is 3. The number of imide groups is 1. The number of benzene rings is 1. The van der Waals surface area contributed by atoms with Crippen LogP contribution in [0.25, 0.3) is 5.76 Å². The minimum absolute atomic E-state index is 0.141. The van der Waals surface area contributed by atoms with Crippen molar-refractivity contribution in [3.63, 3.8) is 0 Å². The monoisotopic (exact) mass is 708 g/mol. The summed E-state index contributed by atoms with van der Waals surface area (Å²) in [5.41, 5.74) is -1.10. The first kappa shape index (κ1) is 36.6. The van der Waals surface area contributed by atoms with E-state index in [-0.39, 0.29) is 26.1 Å². The summed E-state index contributed by atoms with van der Waals surface area (Å²) in [6, 6.07) is -1.65. The minimum Gasteiger partial charge on any atom is -0.508 e. The first-order valence-electron chi connectivity index (χ1n) is 16.4. The van der Waals surface area contributed by atoms with Crippen molar-refractivity contribution in [2.45, 2.75) is 77.3 Å². The number of primary amides is 1. The van der Waals surface area contributed by atoms with E-state index in [0.717, 1.165) is 4.90 Å². The minimum atomic E-state index is -5.32. The molecule has 6 N–H and O–H groups in total. The Hall–Kier alpha value is -4.64. The summed E-state index contributed by atoms with van der Waals surface area (Å²) in [7, 11) is 0. The van der Waals surface area contributed by atoms with E-state index in [1.807, 2.05) is 20.8 Å². The number of anilines is 1. The summed E-state index contributed by atoms with van der Waals surface area (Å²) >= 11 is 0. The highest BCUT2D eigenvalue weighted by atomic mass is 19.4. The van der Waals surface area contributed by atoms with Gasteiger partial charge in [-0.25, -0.2) is 9.69 Å². The molecule has 1 saturated heterocycles. The number of ether oxygens (including phenoxy) is 1. The zero-order valence-electron chi connectivity index (χ0n) is 27.7. The molecular weight excluding hydrogens is 669 g/mol. The maximum absolute atomic E-state index is 14.4. The van der Waals surface area contributed by atoms with E-state index in [1.165, 1.54) is 0 Å². The molecule has 1 aromatic rings.